The number of carbonyl (C=O) groups excluding carboxylic acids is 1. The van der Waals surface area contributed by atoms with E-state index in [1.165, 1.54) is 24.3 Å². The Labute approximate surface area is 175 Å². The van der Waals surface area contributed by atoms with Crippen LogP contribution in [-0.2, 0) is 6.54 Å². The molecule has 0 fully saturated rings. The highest BCUT2D eigenvalue weighted by atomic mass is 19.4. The van der Waals surface area contributed by atoms with Crippen LogP contribution in [0.25, 0.3) is 0 Å². The monoisotopic (exact) mass is 430 g/mol. The highest BCUT2D eigenvalue weighted by molar-refractivity contribution is 5.98. The second-order valence-corrected chi connectivity index (χ2v) is 6.65. The Bertz CT molecular complexity index is 1060. The third-order valence-electron chi connectivity index (χ3n) is 4.44. The first-order valence-corrected chi connectivity index (χ1v) is 9.32. The Morgan fingerprint density at radius 1 is 1.06 bits per heavy atom. The number of aromatic nitrogens is 2. The maximum atomic E-state index is 13.1. The number of amides is 1. The van der Waals surface area contributed by atoms with Crippen LogP contribution < -0.4 is 14.8 Å². The smallest absolute Gasteiger partial charge is 0.491 e. The molecule has 0 spiro atoms. The third kappa shape index (κ3) is 5.21. The topological polar surface area (TPSA) is 76.6 Å². The van der Waals surface area contributed by atoms with Crippen LogP contribution in [0.2, 0.25) is 0 Å². The van der Waals surface area contributed by atoms with Gasteiger partial charge in [0.2, 0.25) is 0 Å². The summed E-state index contributed by atoms with van der Waals surface area (Å²) in [4.78, 5) is 23.0. The van der Waals surface area contributed by atoms with Crippen LogP contribution in [0.1, 0.15) is 16.2 Å². The van der Waals surface area contributed by atoms with Crippen molar-refractivity contribution in [2.45, 2.75) is 12.9 Å². The van der Waals surface area contributed by atoms with Gasteiger partial charge in [0, 0.05) is 23.8 Å². The SMILES string of the molecule is O=C1c2cc(Nc3ccc(OC(F)(F)F)cc3)ccc2OCCN1Cc1ncccn1. The molecule has 0 saturated heterocycles. The highest BCUT2D eigenvalue weighted by Gasteiger charge is 2.31. The minimum absolute atomic E-state index is 0.225. The van der Waals surface area contributed by atoms with Gasteiger partial charge in [-0.3, -0.25) is 4.79 Å². The summed E-state index contributed by atoms with van der Waals surface area (Å²) in [5.74, 6) is 0.440. The molecule has 0 atom stereocenters. The average Bonchev–Trinajstić information content (AvgIpc) is 2.88. The van der Waals surface area contributed by atoms with Gasteiger partial charge in [0.1, 0.15) is 23.9 Å². The van der Waals surface area contributed by atoms with E-state index in [-0.39, 0.29) is 18.2 Å². The van der Waals surface area contributed by atoms with Crippen LogP contribution in [0.4, 0.5) is 24.5 Å². The van der Waals surface area contributed by atoms with Gasteiger partial charge in [0.05, 0.1) is 18.7 Å². The third-order valence-corrected chi connectivity index (χ3v) is 4.44. The largest absolute Gasteiger partial charge is 0.573 e. The van der Waals surface area contributed by atoms with Crippen molar-refractivity contribution >= 4 is 17.3 Å². The van der Waals surface area contributed by atoms with Gasteiger partial charge in [-0.25, -0.2) is 9.97 Å². The van der Waals surface area contributed by atoms with E-state index in [9.17, 15) is 18.0 Å². The van der Waals surface area contributed by atoms with Crippen molar-refractivity contribution < 1.29 is 27.4 Å². The van der Waals surface area contributed by atoms with E-state index in [2.05, 4.69) is 20.0 Å². The summed E-state index contributed by atoms with van der Waals surface area (Å²) < 4.78 is 46.4. The van der Waals surface area contributed by atoms with E-state index < -0.39 is 6.36 Å². The number of nitrogens with zero attached hydrogens (tertiary/aromatic N) is 3. The van der Waals surface area contributed by atoms with Crippen molar-refractivity contribution in [1.29, 1.82) is 0 Å². The first-order valence-electron chi connectivity index (χ1n) is 9.32. The van der Waals surface area contributed by atoms with E-state index in [1.807, 2.05) is 0 Å². The van der Waals surface area contributed by atoms with Crippen molar-refractivity contribution in [3.8, 4) is 11.5 Å². The van der Waals surface area contributed by atoms with Gasteiger partial charge >= 0.3 is 6.36 Å². The Morgan fingerprint density at radius 3 is 2.48 bits per heavy atom. The number of hydrogen-bond donors (Lipinski definition) is 1. The second-order valence-electron chi connectivity index (χ2n) is 6.65. The van der Waals surface area contributed by atoms with Gasteiger partial charge in [-0.05, 0) is 48.5 Å². The molecule has 0 unspecified atom stereocenters. The molecule has 1 aromatic heterocycles. The van der Waals surface area contributed by atoms with E-state index in [0.717, 1.165) is 0 Å². The summed E-state index contributed by atoms with van der Waals surface area (Å²) in [6, 6.07) is 12.0. The molecule has 2 aromatic carbocycles. The second kappa shape index (κ2) is 8.50. The summed E-state index contributed by atoms with van der Waals surface area (Å²) in [6.07, 6.45) is -1.52. The highest BCUT2D eigenvalue weighted by Crippen LogP contribution is 2.30. The number of fused-ring (bicyclic) bond motifs is 1. The zero-order valence-electron chi connectivity index (χ0n) is 16.1. The molecule has 0 bridgehead atoms. The Balaban J connectivity index is 1.51. The van der Waals surface area contributed by atoms with E-state index in [4.69, 9.17) is 4.74 Å². The number of carbonyl (C=O) groups is 1. The Kier molecular flexibility index (Phi) is 5.61. The molecule has 1 aliphatic rings. The van der Waals surface area contributed by atoms with Crippen LogP contribution >= 0.6 is 0 Å². The molecular formula is C21H17F3N4O3. The van der Waals surface area contributed by atoms with E-state index in [1.54, 1.807) is 41.6 Å². The normalized spacial score (nSPS) is 13.8. The van der Waals surface area contributed by atoms with Gasteiger partial charge in [0.25, 0.3) is 5.91 Å². The molecule has 0 saturated carbocycles. The summed E-state index contributed by atoms with van der Waals surface area (Å²) >= 11 is 0. The molecule has 1 amide bonds. The lowest BCUT2D eigenvalue weighted by Gasteiger charge is -2.19. The summed E-state index contributed by atoms with van der Waals surface area (Å²) in [7, 11) is 0. The molecule has 2 heterocycles. The fourth-order valence-electron chi connectivity index (χ4n) is 3.08. The number of hydrogen-bond acceptors (Lipinski definition) is 6. The molecule has 160 valence electrons. The van der Waals surface area contributed by atoms with Crippen LogP contribution in [0.3, 0.4) is 0 Å². The van der Waals surface area contributed by atoms with Crippen molar-refractivity contribution in [1.82, 2.24) is 14.9 Å². The Hall–Kier alpha value is -3.82. The molecular weight excluding hydrogens is 413 g/mol. The first-order chi connectivity index (χ1) is 14.9. The van der Waals surface area contributed by atoms with Crippen molar-refractivity contribution in [3.05, 3.63) is 72.3 Å². The van der Waals surface area contributed by atoms with Gasteiger partial charge in [-0.15, -0.1) is 13.2 Å². The molecule has 3 aromatic rings. The minimum Gasteiger partial charge on any atom is -0.491 e. The van der Waals surface area contributed by atoms with Crippen molar-refractivity contribution in [2.75, 3.05) is 18.5 Å². The molecule has 0 aliphatic carbocycles. The molecule has 31 heavy (non-hydrogen) atoms. The van der Waals surface area contributed by atoms with Gasteiger partial charge in [-0.2, -0.15) is 0 Å². The predicted molar refractivity (Wildman–Crippen MR) is 105 cm³/mol. The lowest BCUT2D eigenvalue weighted by molar-refractivity contribution is -0.274. The quantitative estimate of drug-likeness (QED) is 0.655. The molecule has 7 nitrogen and oxygen atoms in total. The van der Waals surface area contributed by atoms with Crippen molar-refractivity contribution in [3.63, 3.8) is 0 Å². The van der Waals surface area contributed by atoms with Crippen LogP contribution in [-0.4, -0.2) is 40.3 Å². The van der Waals surface area contributed by atoms with Gasteiger partial charge in [-0.1, -0.05) is 0 Å². The van der Waals surface area contributed by atoms with Crippen LogP contribution in [0, 0.1) is 0 Å². The molecule has 10 heteroatoms. The van der Waals surface area contributed by atoms with Crippen LogP contribution in [0.5, 0.6) is 11.5 Å². The average molecular weight is 430 g/mol. The molecule has 1 aliphatic heterocycles. The summed E-state index contributed by atoms with van der Waals surface area (Å²) in [5, 5.41) is 3.06. The van der Waals surface area contributed by atoms with E-state index >= 15 is 0 Å². The number of nitrogens with one attached hydrogen (secondary N) is 1. The number of ether oxygens (including phenoxy) is 2. The maximum Gasteiger partial charge on any atom is 0.573 e. The number of alkyl halides is 3. The summed E-state index contributed by atoms with van der Waals surface area (Å²) in [5.41, 5.74) is 1.49. The zero-order valence-corrected chi connectivity index (χ0v) is 16.1. The van der Waals surface area contributed by atoms with Crippen LogP contribution in [0.15, 0.2) is 60.9 Å². The Morgan fingerprint density at radius 2 is 1.77 bits per heavy atom. The lowest BCUT2D eigenvalue weighted by atomic mass is 10.1. The van der Waals surface area contributed by atoms with Gasteiger partial charge < -0.3 is 19.7 Å². The fourth-order valence-corrected chi connectivity index (χ4v) is 3.08. The number of rotatable bonds is 5. The fraction of sp³-hybridized carbons (Fsp3) is 0.190. The minimum atomic E-state index is -4.75. The number of halogens is 3. The first kappa shape index (κ1) is 20.5. The number of anilines is 2. The van der Waals surface area contributed by atoms with Crippen molar-refractivity contribution in [2.24, 2.45) is 0 Å². The van der Waals surface area contributed by atoms with E-state index in [0.29, 0.717) is 41.7 Å². The molecule has 0 radical (unpaired) electrons. The summed E-state index contributed by atoms with van der Waals surface area (Å²) in [6.45, 7) is 0.967. The maximum absolute atomic E-state index is 13.1. The number of benzene rings is 2. The lowest BCUT2D eigenvalue weighted by Crippen LogP contribution is -2.32. The zero-order chi connectivity index (χ0) is 21.8. The predicted octanol–water partition coefficient (Wildman–Crippen LogP) is 4.15. The molecule has 1 N–H and O–H groups in total. The van der Waals surface area contributed by atoms with Gasteiger partial charge in [0.15, 0.2) is 0 Å². The molecule has 4 rings (SSSR count). The standard InChI is InChI=1S/C21H17F3N4O3/c22-21(23,24)31-16-5-2-14(3-6-16)27-15-4-7-18-17(12-15)20(29)28(10-11-30-18)13-19-25-8-1-9-26-19/h1-9,12,27H,10-11,13H2.